The Balaban J connectivity index is 2.98. The Morgan fingerprint density at radius 1 is 1.16 bits per heavy atom. The second kappa shape index (κ2) is 6.89. The minimum Gasteiger partial charge on any atom is -0.395 e. The Bertz CT molecular complexity index is 458. The van der Waals surface area contributed by atoms with Gasteiger partial charge in [-0.2, -0.15) is 0 Å². The van der Waals surface area contributed by atoms with Crippen LogP contribution in [0.4, 0.5) is 0 Å². The quantitative estimate of drug-likeness (QED) is 0.857. The predicted octanol–water partition coefficient (Wildman–Crippen LogP) is 0.843. The van der Waals surface area contributed by atoms with E-state index in [1.807, 2.05) is 6.92 Å². The zero-order chi connectivity index (χ0) is 14.4. The Hall–Kier alpha value is -1.88. The number of carbonyl (C=O) groups excluding carboxylic acids is 2. The summed E-state index contributed by atoms with van der Waals surface area (Å²) in [5.74, 6) is -0.315. The van der Waals surface area contributed by atoms with Gasteiger partial charge in [0.15, 0.2) is 0 Å². The van der Waals surface area contributed by atoms with Gasteiger partial charge in [0.05, 0.1) is 6.61 Å². The molecule has 104 valence electrons. The first-order valence-electron chi connectivity index (χ1n) is 6.23. The van der Waals surface area contributed by atoms with Crippen molar-refractivity contribution in [3.63, 3.8) is 0 Å². The van der Waals surface area contributed by atoms with Crippen LogP contribution in [0.1, 0.15) is 27.6 Å². The van der Waals surface area contributed by atoms with Gasteiger partial charge in [0.25, 0.3) is 11.8 Å². The molecule has 5 nitrogen and oxygen atoms in total. The maximum absolute atomic E-state index is 12.2. The molecular formula is C14H20N2O3. The average molecular weight is 264 g/mol. The van der Waals surface area contributed by atoms with Crippen LogP contribution in [0, 0.1) is 0 Å². The Morgan fingerprint density at radius 2 is 1.74 bits per heavy atom. The number of carbonyl (C=O) groups is 2. The van der Waals surface area contributed by atoms with Crippen molar-refractivity contribution < 1.29 is 14.7 Å². The number of nitrogens with zero attached hydrogens (tertiary/aromatic N) is 2. The SMILES string of the molecule is CCN(CCO)C(=O)c1cccc(C(=O)N(C)C)c1. The van der Waals surface area contributed by atoms with Gasteiger partial charge in [-0.05, 0) is 25.1 Å². The number of benzene rings is 1. The fourth-order valence-electron chi connectivity index (χ4n) is 1.75. The van der Waals surface area contributed by atoms with E-state index in [4.69, 9.17) is 5.11 Å². The lowest BCUT2D eigenvalue weighted by atomic mass is 10.1. The summed E-state index contributed by atoms with van der Waals surface area (Å²) in [5, 5.41) is 8.92. The van der Waals surface area contributed by atoms with E-state index < -0.39 is 0 Å². The molecule has 0 aliphatic carbocycles. The first kappa shape index (κ1) is 15.2. The van der Waals surface area contributed by atoms with Gasteiger partial charge < -0.3 is 14.9 Å². The van der Waals surface area contributed by atoms with Gasteiger partial charge >= 0.3 is 0 Å². The first-order chi connectivity index (χ1) is 9.01. The highest BCUT2D eigenvalue weighted by atomic mass is 16.3. The summed E-state index contributed by atoms with van der Waals surface area (Å²) < 4.78 is 0. The van der Waals surface area contributed by atoms with Crippen molar-refractivity contribution in [2.24, 2.45) is 0 Å². The van der Waals surface area contributed by atoms with Crippen LogP contribution in [0.15, 0.2) is 24.3 Å². The summed E-state index contributed by atoms with van der Waals surface area (Å²) in [6.45, 7) is 2.59. The van der Waals surface area contributed by atoms with Gasteiger partial charge in [-0.15, -0.1) is 0 Å². The highest BCUT2D eigenvalue weighted by molar-refractivity contribution is 5.99. The Labute approximate surface area is 113 Å². The number of hydrogen-bond donors (Lipinski definition) is 1. The van der Waals surface area contributed by atoms with Crippen LogP contribution in [-0.2, 0) is 0 Å². The molecule has 0 saturated carbocycles. The van der Waals surface area contributed by atoms with Gasteiger partial charge in [-0.25, -0.2) is 0 Å². The molecule has 0 bridgehead atoms. The number of aliphatic hydroxyl groups is 1. The van der Waals surface area contributed by atoms with E-state index in [2.05, 4.69) is 0 Å². The van der Waals surface area contributed by atoms with E-state index in [1.54, 1.807) is 43.3 Å². The molecule has 0 aliphatic heterocycles. The molecule has 1 N–H and O–H groups in total. The maximum Gasteiger partial charge on any atom is 0.253 e. The van der Waals surface area contributed by atoms with Crippen molar-refractivity contribution >= 4 is 11.8 Å². The molecule has 0 fully saturated rings. The van der Waals surface area contributed by atoms with Gasteiger partial charge in [0.1, 0.15) is 0 Å². The molecule has 0 spiro atoms. The number of hydrogen-bond acceptors (Lipinski definition) is 3. The van der Waals surface area contributed by atoms with Crippen LogP contribution in [-0.4, -0.2) is 60.5 Å². The van der Waals surface area contributed by atoms with E-state index in [0.717, 1.165) is 0 Å². The Kier molecular flexibility index (Phi) is 5.51. The second-order valence-electron chi connectivity index (χ2n) is 4.39. The van der Waals surface area contributed by atoms with Crippen LogP contribution < -0.4 is 0 Å². The minimum atomic E-state index is -0.176. The fraction of sp³-hybridized carbons (Fsp3) is 0.429. The van der Waals surface area contributed by atoms with E-state index >= 15 is 0 Å². The standard InChI is InChI=1S/C14H20N2O3/c1-4-16(8-9-17)14(19)12-7-5-6-11(10-12)13(18)15(2)3/h5-7,10,17H,4,8-9H2,1-3H3. The monoisotopic (exact) mass is 264 g/mol. The molecule has 0 atom stereocenters. The van der Waals surface area contributed by atoms with E-state index in [9.17, 15) is 9.59 Å². The van der Waals surface area contributed by atoms with Crippen molar-refractivity contribution in [3.05, 3.63) is 35.4 Å². The summed E-state index contributed by atoms with van der Waals surface area (Å²) in [4.78, 5) is 27.1. The molecule has 2 amide bonds. The molecule has 1 aromatic rings. The normalized spacial score (nSPS) is 10.1. The van der Waals surface area contributed by atoms with E-state index in [-0.39, 0.29) is 18.4 Å². The largest absolute Gasteiger partial charge is 0.395 e. The summed E-state index contributed by atoms with van der Waals surface area (Å²) in [6.07, 6.45) is 0. The highest BCUT2D eigenvalue weighted by Crippen LogP contribution is 2.10. The molecular weight excluding hydrogens is 244 g/mol. The molecule has 1 aromatic carbocycles. The molecule has 0 radical (unpaired) electrons. The fourth-order valence-corrected chi connectivity index (χ4v) is 1.75. The molecule has 0 unspecified atom stereocenters. The minimum absolute atomic E-state index is 0.0735. The van der Waals surface area contributed by atoms with Gasteiger partial charge in [-0.3, -0.25) is 9.59 Å². The summed E-state index contributed by atoms with van der Waals surface area (Å²) in [7, 11) is 3.34. The van der Waals surface area contributed by atoms with Crippen LogP contribution in [0.2, 0.25) is 0 Å². The lowest BCUT2D eigenvalue weighted by Gasteiger charge is -2.20. The van der Waals surface area contributed by atoms with Crippen molar-refractivity contribution in [1.82, 2.24) is 9.80 Å². The van der Waals surface area contributed by atoms with Crippen LogP contribution in [0.5, 0.6) is 0 Å². The lowest BCUT2D eigenvalue weighted by molar-refractivity contribution is 0.0732. The highest BCUT2D eigenvalue weighted by Gasteiger charge is 2.16. The summed E-state index contributed by atoms with van der Waals surface area (Å²) in [5.41, 5.74) is 0.943. The zero-order valence-corrected chi connectivity index (χ0v) is 11.6. The third kappa shape index (κ3) is 3.79. The second-order valence-corrected chi connectivity index (χ2v) is 4.39. The van der Waals surface area contributed by atoms with E-state index in [0.29, 0.717) is 24.2 Å². The third-order valence-electron chi connectivity index (χ3n) is 2.80. The van der Waals surface area contributed by atoms with Crippen molar-refractivity contribution in [1.29, 1.82) is 0 Å². The topological polar surface area (TPSA) is 60.9 Å². The molecule has 0 aromatic heterocycles. The molecule has 0 saturated heterocycles. The van der Waals surface area contributed by atoms with Gasteiger partial charge in [-0.1, -0.05) is 6.07 Å². The number of amides is 2. The third-order valence-corrected chi connectivity index (χ3v) is 2.80. The molecule has 19 heavy (non-hydrogen) atoms. The number of rotatable bonds is 5. The summed E-state index contributed by atoms with van der Waals surface area (Å²) >= 11 is 0. The Morgan fingerprint density at radius 3 is 2.21 bits per heavy atom. The zero-order valence-electron chi connectivity index (χ0n) is 11.6. The average Bonchev–Trinajstić information content (AvgIpc) is 2.43. The van der Waals surface area contributed by atoms with Gasteiger partial charge in [0, 0.05) is 38.3 Å². The smallest absolute Gasteiger partial charge is 0.253 e. The van der Waals surface area contributed by atoms with Crippen molar-refractivity contribution in [2.45, 2.75) is 6.92 Å². The molecule has 0 aliphatic rings. The summed E-state index contributed by atoms with van der Waals surface area (Å²) in [6, 6.07) is 6.64. The van der Waals surface area contributed by atoms with Crippen LogP contribution >= 0.6 is 0 Å². The van der Waals surface area contributed by atoms with Crippen LogP contribution in [0.3, 0.4) is 0 Å². The first-order valence-corrected chi connectivity index (χ1v) is 6.23. The lowest BCUT2D eigenvalue weighted by Crippen LogP contribution is -2.33. The number of likely N-dealkylation sites (N-methyl/N-ethyl adjacent to an activating group) is 1. The maximum atomic E-state index is 12.2. The van der Waals surface area contributed by atoms with Crippen molar-refractivity contribution in [2.75, 3.05) is 33.8 Å². The van der Waals surface area contributed by atoms with Crippen molar-refractivity contribution in [3.8, 4) is 0 Å². The predicted molar refractivity (Wildman–Crippen MR) is 73.1 cm³/mol. The number of aliphatic hydroxyl groups excluding tert-OH is 1. The molecule has 5 heteroatoms. The van der Waals surface area contributed by atoms with Crippen LogP contribution in [0.25, 0.3) is 0 Å². The molecule has 1 rings (SSSR count). The molecule has 0 heterocycles. The van der Waals surface area contributed by atoms with E-state index in [1.165, 1.54) is 4.90 Å². The van der Waals surface area contributed by atoms with Gasteiger partial charge in [0.2, 0.25) is 0 Å².